The number of alkyl halides is 7. The molecule has 1 aliphatic carbocycles. The normalized spacial score (nSPS) is 16.3. The van der Waals surface area contributed by atoms with Crippen LogP contribution in [0.1, 0.15) is 32.6 Å². The van der Waals surface area contributed by atoms with Crippen LogP contribution in [0, 0.1) is 5.92 Å². The molecule has 12 aromatic rings. The van der Waals surface area contributed by atoms with E-state index in [4.69, 9.17) is 15.0 Å². The molecule has 1 aliphatic heterocycles. The number of nitrogens with zero attached hydrogens (tertiary/aromatic N) is 19. The molecule has 5 N–H and O–H groups in total. The van der Waals surface area contributed by atoms with Gasteiger partial charge in [0, 0.05) is 184 Å². The van der Waals surface area contributed by atoms with Crippen molar-refractivity contribution in [1.29, 1.82) is 0 Å². The van der Waals surface area contributed by atoms with E-state index in [1.807, 2.05) is 119 Å². The number of anilines is 3. The lowest BCUT2D eigenvalue weighted by atomic mass is 9.91. The van der Waals surface area contributed by atoms with Crippen LogP contribution < -0.4 is 16.0 Å². The number of aliphatic hydroxyl groups is 2. The Kier molecular flexibility index (Phi) is 21.3. The molecule has 2 aliphatic rings. The lowest BCUT2D eigenvalue weighted by Gasteiger charge is -2.34. The summed E-state index contributed by atoms with van der Waals surface area (Å²) in [5.74, 6) is -9.18. The Morgan fingerprint density at radius 3 is 1.18 bits per heavy atom. The zero-order chi connectivity index (χ0) is 74.7. The Balaban J connectivity index is 0.000000148. The van der Waals surface area contributed by atoms with E-state index in [2.05, 4.69) is 75.2 Å². The summed E-state index contributed by atoms with van der Waals surface area (Å²) in [6.07, 6.45) is 22.2. The number of halogens is 7. The first kappa shape index (κ1) is 73.6. The van der Waals surface area contributed by atoms with Gasteiger partial charge in [-0.2, -0.15) is 61.3 Å². The standard InChI is InChI=1S/C26H32N8O2S.C23H25N7O2.C22H18F7N7/c1-18(19-8-10-34(11-9-19)37(4,35)36)30-26-24(23-14-29-33(3)17-23)15-27-25(31-26)21-7-5-6-20(12-21)22-13-28-32(2)16-22;1-29-12-16(9-25-29)14-4-3-5-15(8-14)22-24-11-18(17-10-26-30(2)13-17)23(28-22)27-19-6-7-20(31)21(19)32;1-35-10-15(7-32-35)13-4-3-5-14(6-13)18-30-9-17(16-8-33-36(2)11-16)19(34-18)31-12-20(23,24)21(25,26)22(27,28)29/h5-7,12-19H,8-11H2,1-4H3,(H,27,30,31);3-5,8-13,19-21,31-32H,6-7H2,1-2H3,(H,24,27,28);3-11H,12H2,1-2H3,(H,30,31,34)/t;19-,20-,21+;/m.0./s1. The molecule has 10 heterocycles. The van der Waals surface area contributed by atoms with Gasteiger partial charge in [0.2, 0.25) is 10.0 Å². The fourth-order valence-electron chi connectivity index (χ4n) is 12.3. The third-order valence-corrected chi connectivity index (χ3v) is 19.4. The van der Waals surface area contributed by atoms with Crippen LogP contribution in [-0.2, 0) is 52.3 Å². The van der Waals surface area contributed by atoms with Crippen molar-refractivity contribution in [3.05, 3.63) is 166 Å². The van der Waals surface area contributed by atoms with Crippen molar-refractivity contribution in [2.75, 3.05) is 41.8 Å². The minimum Gasteiger partial charge on any atom is -0.390 e. The maximum absolute atomic E-state index is 14.0. The summed E-state index contributed by atoms with van der Waals surface area (Å²) in [7, 11) is 7.69. The van der Waals surface area contributed by atoms with E-state index in [9.17, 15) is 49.4 Å². The number of rotatable bonds is 19. The summed E-state index contributed by atoms with van der Waals surface area (Å²) < 4.78 is 128. The van der Waals surface area contributed by atoms with Gasteiger partial charge in [-0.1, -0.05) is 54.6 Å². The maximum atomic E-state index is 14.0. The fraction of sp³-hybridized carbons (Fsp3) is 0.324. The highest BCUT2D eigenvalue weighted by atomic mass is 32.2. The number of aliphatic hydroxyl groups excluding tert-OH is 2. The van der Waals surface area contributed by atoms with Crippen molar-refractivity contribution in [3.63, 3.8) is 0 Å². The molecule has 9 aromatic heterocycles. The van der Waals surface area contributed by atoms with E-state index < -0.39 is 46.8 Å². The molecule has 1 saturated heterocycles. The van der Waals surface area contributed by atoms with E-state index in [1.165, 1.54) is 29.5 Å². The molecular weight excluding hydrogens is 1390 g/mol. The summed E-state index contributed by atoms with van der Waals surface area (Å²) in [6.45, 7) is 1.19. The third-order valence-electron chi connectivity index (χ3n) is 18.1. The summed E-state index contributed by atoms with van der Waals surface area (Å²) in [5.41, 5.74) is 11.8. The van der Waals surface area contributed by atoms with E-state index in [-0.39, 0.29) is 29.3 Å². The van der Waals surface area contributed by atoms with Gasteiger partial charge >= 0.3 is 18.0 Å². The number of nitrogens with one attached hydrogen (secondary N) is 3. The van der Waals surface area contributed by atoms with Crippen molar-refractivity contribution in [2.24, 2.45) is 48.2 Å². The first-order valence-electron chi connectivity index (χ1n) is 33.2. The number of aryl methyl sites for hydroxylation is 6. The van der Waals surface area contributed by atoms with Crippen LogP contribution in [0.3, 0.4) is 0 Å². The number of sulfonamides is 1. The molecule has 2 fully saturated rings. The predicted molar refractivity (Wildman–Crippen MR) is 381 cm³/mol. The van der Waals surface area contributed by atoms with Crippen molar-refractivity contribution in [2.45, 2.75) is 74.9 Å². The molecule has 3 aromatic carbocycles. The molecule has 105 heavy (non-hydrogen) atoms. The molecule has 0 spiro atoms. The second-order valence-electron chi connectivity index (χ2n) is 26.0. The van der Waals surface area contributed by atoms with Crippen molar-refractivity contribution in [3.8, 4) is 101 Å². The molecule has 4 atom stereocenters. The second-order valence-corrected chi connectivity index (χ2v) is 28.0. The lowest BCUT2D eigenvalue weighted by Crippen LogP contribution is -2.55. The predicted octanol–water partition coefficient (Wildman–Crippen LogP) is 10.8. The number of piperidine rings is 1. The Labute approximate surface area is 598 Å². The van der Waals surface area contributed by atoms with Gasteiger partial charge in [0.1, 0.15) is 17.5 Å². The van der Waals surface area contributed by atoms with Crippen LogP contribution in [0.2, 0.25) is 0 Å². The molecule has 26 nitrogen and oxygen atoms in total. The molecule has 0 radical (unpaired) electrons. The Morgan fingerprint density at radius 2 is 0.829 bits per heavy atom. The van der Waals surface area contributed by atoms with Crippen molar-refractivity contribution >= 4 is 27.5 Å². The smallest absolute Gasteiger partial charge is 0.390 e. The maximum Gasteiger partial charge on any atom is 0.459 e. The first-order chi connectivity index (χ1) is 49.9. The van der Waals surface area contributed by atoms with Crippen LogP contribution in [-0.4, -0.2) is 180 Å². The average molecular weight is 1470 g/mol. The van der Waals surface area contributed by atoms with Gasteiger partial charge in [0.25, 0.3) is 0 Å². The SMILES string of the molecule is CC(Nc1nc(-c2cccc(-c3cnn(C)c3)c2)ncc1-c1cnn(C)c1)C1CCN(S(C)(=O)=O)CC1.Cn1cc(-c2cccc(-c3ncc(-c4cnn(C)c4)c(NCC(F)(F)C(F)(F)C(F)(F)F)n3)c2)cn1.Cn1cc(-c2cccc(-c3ncc(-c4cnn(C)c4)c(N[C@H]4CC[C@H](O)[C@@H]4O)n3)c2)cn1. The van der Waals surface area contributed by atoms with Gasteiger partial charge in [0.05, 0.1) is 68.2 Å². The van der Waals surface area contributed by atoms with E-state index in [0.717, 1.165) is 85.4 Å². The van der Waals surface area contributed by atoms with Crippen LogP contribution in [0.4, 0.5) is 48.2 Å². The Morgan fingerprint density at radius 1 is 0.476 bits per heavy atom. The summed E-state index contributed by atoms with van der Waals surface area (Å²) in [5, 5.41) is 54.4. The molecule has 14 rings (SSSR count). The van der Waals surface area contributed by atoms with Crippen LogP contribution >= 0.6 is 0 Å². The molecular formula is C71H75F7N22O4S. The Bertz CT molecular complexity index is 5140. The molecule has 34 heteroatoms. The van der Waals surface area contributed by atoms with Gasteiger partial charge in [-0.25, -0.2) is 42.6 Å². The lowest BCUT2D eigenvalue weighted by molar-refractivity contribution is -0.350. The van der Waals surface area contributed by atoms with Gasteiger partial charge in [-0.15, -0.1) is 0 Å². The number of aromatic nitrogens is 18. The quantitative estimate of drug-likeness (QED) is 0.0470. The van der Waals surface area contributed by atoms with E-state index in [0.29, 0.717) is 60.4 Å². The number of hydrogen-bond donors (Lipinski definition) is 5. The molecule has 548 valence electrons. The van der Waals surface area contributed by atoms with Gasteiger partial charge in [0.15, 0.2) is 17.5 Å². The van der Waals surface area contributed by atoms with Gasteiger partial charge in [-0.05, 0) is 73.4 Å². The molecule has 0 bridgehead atoms. The first-order valence-corrected chi connectivity index (χ1v) is 35.1. The van der Waals surface area contributed by atoms with Crippen molar-refractivity contribution < 1.29 is 49.4 Å². The number of hydrogen-bond acceptors (Lipinski definition) is 19. The Hall–Kier alpha value is -11.1. The largest absolute Gasteiger partial charge is 0.459 e. The highest BCUT2D eigenvalue weighted by Gasteiger charge is 2.72. The summed E-state index contributed by atoms with van der Waals surface area (Å²) in [4.78, 5) is 27.5. The fourth-order valence-corrected chi connectivity index (χ4v) is 13.2. The van der Waals surface area contributed by atoms with Crippen LogP contribution in [0.5, 0.6) is 0 Å². The zero-order valence-corrected chi connectivity index (χ0v) is 59.0. The molecule has 1 saturated carbocycles. The minimum absolute atomic E-state index is 0.0294. The van der Waals surface area contributed by atoms with Gasteiger partial charge in [-0.3, -0.25) is 28.1 Å². The van der Waals surface area contributed by atoms with E-state index in [1.54, 1.807) is 90.9 Å². The minimum atomic E-state index is -6.44. The highest BCUT2D eigenvalue weighted by molar-refractivity contribution is 7.88. The molecule has 0 amide bonds. The topological polar surface area (TPSA) is 298 Å². The highest BCUT2D eigenvalue weighted by Crippen LogP contribution is 2.47. The van der Waals surface area contributed by atoms with Gasteiger partial charge < -0.3 is 26.2 Å². The third kappa shape index (κ3) is 16.9. The summed E-state index contributed by atoms with van der Waals surface area (Å²) >= 11 is 0. The molecule has 1 unspecified atom stereocenters. The number of benzene rings is 3. The average Bonchev–Trinajstić information content (AvgIpc) is 1.65. The van der Waals surface area contributed by atoms with Crippen molar-refractivity contribution in [1.82, 2.24) is 92.9 Å². The van der Waals surface area contributed by atoms with Crippen LogP contribution in [0.25, 0.3) is 101 Å². The second kappa shape index (κ2) is 30.3. The zero-order valence-electron chi connectivity index (χ0n) is 58.2. The van der Waals surface area contributed by atoms with E-state index >= 15 is 0 Å². The monoisotopic (exact) mass is 1460 g/mol. The summed E-state index contributed by atoms with van der Waals surface area (Å²) in [6, 6.07) is 22.8. The van der Waals surface area contributed by atoms with Crippen LogP contribution in [0.15, 0.2) is 166 Å².